The molecule has 0 atom stereocenters. The number of H-pyrrole nitrogens is 1. The monoisotopic (exact) mass is 270 g/mol. The standard InChI is InChI=1S/C15H19BN2O2/c1-6-10-8-17-13-12(10)7-11(9-18-13)16-19-14(2,3)15(4,5)20-16/h6-9H,1H2,2-5H3,(H,17,18). The summed E-state index contributed by atoms with van der Waals surface area (Å²) in [6.07, 6.45) is 5.51. The fourth-order valence-corrected chi connectivity index (χ4v) is 2.32. The van der Waals surface area contributed by atoms with Crippen molar-refractivity contribution in [3.63, 3.8) is 0 Å². The molecule has 0 unspecified atom stereocenters. The minimum Gasteiger partial charge on any atom is -0.399 e. The maximum absolute atomic E-state index is 6.05. The van der Waals surface area contributed by atoms with Crippen LogP contribution >= 0.6 is 0 Å². The zero-order valence-electron chi connectivity index (χ0n) is 12.4. The van der Waals surface area contributed by atoms with E-state index in [-0.39, 0.29) is 18.3 Å². The minimum atomic E-state index is -0.385. The summed E-state index contributed by atoms with van der Waals surface area (Å²) in [5.41, 5.74) is 2.13. The van der Waals surface area contributed by atoms with Crippen LogP contribution in [0.2, 0.25) is 0 Å². The molecule has 0 amide bonds. The lowest BCUT2D eigenvalue weighted by atomic mass is 9.80. The molecule has 5 heteroatoms. The van der Waals surface area contributed by atoms with E-state index in [0.29, 0.717) is 0 Å². The molecule has 0 bridgehead atoms. The number of fused-ring (bicyclic) bond motifs is 1. The van der Waals surface area contributed by atoms with E-state index in [1.165, 1.54) is 0 Å². The summed E-state index contributed by atoms with van der Waals surface area (Å²) >= 11 is 0. The van der Waals surface area contributed by atoms with Crippen LogP contribution in [0.3, 0.4) is 0 Å². The van der Waals surface area contributed by atoms with Crippen molar-refractivity contribution >= 4 is 29.7 Å². The molecule has 20 heavy (non-hydrogen) atoms. The average molecular weight is 270 g/mol. The molecule has 3 rings (SSSR count). The summed E-state index contributed by atoms with van der Waals surface area (Å²) in [4.78, 5) is 7.55. The summed E-state index contributed by atoms with van der Waals surface area (Å²) in [7, 11) is -0.385. The van der Waals surface area contributed by atoms with Gasteiger partial charge in [-0.15, -0.1) is 0 Å². The second-order valence-electron chi connectivity index (χ2n) is 6.20. The number of nitrogens with zero attached hydrogens (tertiary/aromatic N) is 1. The van der Waals surface area contributed by atoms with Crippen LogP contribution in [-0.4, -0.2) is 28.3 Å². The van der Waals surface area contributed by atoms with E-state index < -0.39 is 0 Å². The Kier molecular flexibility index (Phi) is 2.82. The molecule has 1 saturated heterocycles. The Labute approximate surface area is 119 Å². The number of aromatic nitrogens is 2. The van der Waals surface area contributed by atoms with E-state index in [4.69, 9.17) is 9.31 Å². The first-order valence-electron chi connectivity index (χ1n) is 6.79. The van der Waals surface area contributed by atoms with E-state index in [1.807, 2.05) is 40.0 Å². The molecule has 1 N–H and O–H groups in total. The highest BCUT2D eigenvalue weighted by Gasteiger charge is 2.51. The lowest BCUT2D eigenvalue weighted by Crippen LogP contribution is -2.41. The van der Waals surface area contributed by atoms with E-state index in [1.54, 1.807) is 6.20 Å². The second kappa shape index (κ2) is 4.20. The molecular formula is C15H19BN2O2. The van der Waals surface area contributed by atoms with E-state index in [9.17, 15) is 0 Å². The van der Waals surface area contributed by atoms with E-state index in [2.05, 4.69) is 22.6 Å². The molecule has 0 aromatic carbocycles. The van der Waals surface area contributed by atoms with Crippen molar-refractivity contribution in [2.24, 2.45) is 0 Å². The maximum atomic E-state index is 6.05. The second-order valence-corrected chi connectivity index (χ2v) is 6.20. The van der Waals surface area contributed by atoms with Crippen molar-refractivity contribution in [3.8, 4) is 0 Å². The number of pyridine rings is 1. The molecular weight excluding hydrogens is 251 g/mol. The molecule has 1 aliphatic rings. The number of aromatic amines is 1. The molecule has 0 aliphatic carbocycles. The third-order valence-corrected chi connectivity index (χ3v) is 4.33. The van der Waals surface area contributed by atoms with Crippen LogP contribution in [0, 0.1) is 0 Å². The first-order chi connectivity index (χ1) is 9.34. The topological polar surface area (TPSA) is 47.1 Å². The average Bonchev–Trinajstić information content (AvgIpc) is 2.87. The molecule has 0 spiro atoms. The van der Waals surface area contributed by atoms with Crippen LogP contribution in [-0.2, 0) is 9.31 Å². The summed E-state index contributed by atoms with van der Waals surface area (Å²) in [6, 6.07) is 2.05. The zero-order valence-corrected chi connectivity index (χ0v) is 12.4. The van der Waals surface area contributed by atoms with Gasteiger partial charge in [0.15, 0.2) is 0 Å². The largest absolute Gasteiger partial charge is 0.496 e. The zero-order chi connectivity index (χ0) is 14.5. The van der Waals surface area contributed by atoms with Gasteiger partial charge in [-0.25, -0.2) is 4.98 Å². The fraction of sp³-hybridized carbons (Fsp3) is 0.400. The van der Waals surface area contributed by atoms with Gasteiger partial charge in [0.1, 0.15) is 5.65 Å². The summed E-state index contributed by atoms with van der Waals surface area (Å²) in [5.74, 6) is 0. The van der Waals surface area contributed by atoms with Crippen molar-refractivity contribution in [2.75, 3.05) is 0 Å². The number of rotatable bonds is 2. The van der Waals surface area contributed by atoms with E-state index in [0.717, 1.165) is 22.1 Å². The van der Waals surface area contributed by atoms with Crippen LogP contribution in [0.4, 0.5) is 0 Å². The molecule has 0 saturated carbocycles. The van der Waals surface area contributed by atoms with Crippen LogP contribution in [0.25, 0.3) is 17.1 Å². The van der Waals surface area contributed by atoms with Gasteiger partial charge in [0.25, 0.3) is 0 Å². The normalized spacial score (nSPS) is 20.5. The first kappa shape index (κ1) is 13.4. The molecule has 2 aromatic heterocycles. The lowest BCUT2D eigenvalue weighted by Gasteiger charge is -2.32. The third kappa shape index (κ3) is 1.89. The highest BCUT2D eigenvalue weighted by Crippen LogP contribution is 2.36. The van der Waals surface area contributed by atoms with E-state index >= 15 is 0 Å². The van der Waals surface area contributed by atoms with Crippen molar-refractivity contribution in [2.45, 2.75) is 38.9 Å². The molecule has 0 radical (unpaired) electrons. The molecule has 3 heterocycles. The predicted molar refractivity (Wildman–Crippen MR) is 81.9 cm³/mol. The van der Waals surface area contributed by atoms with Gasteiger partial charge in [-0.3, -0.25) is 0 Å². The van der Waals surface area contributed by atoms with Gasteiger partial charge in [-0.1, -0.05) is 12.7 Å². The van der Waals surface area contributed by atoms with Crippen molar-refractivity contribution in [1.82, 2.24) is 9.97 Å². The van der Waals surface area contributed by atoms with Crippen molar-refractivity contribution in [3.05, 3.63) is 30.6 Å². The highest BCUT2D eigenvalue weighted by atomic mass is 16.7. The molecule has 4 nitrogen and oxygen atoms in total. The Morgan fingerprint density at radius 3 is 2.50 bits per heavy atom. The Morgan fingerprint density at radius 1 is 1.25 bits per heavy atom. The fourth-order valence-electron chi connectivity index (χ4n) is 2.32. The summed E-state index contributed by atoms with van der Waals surface area (Å²) in [5, 5.41) is 1.03. The molecule has 104 valence electrons. The Bertz CT molecular complexity index is 660. The van der Waals surface area contributed by atoms with Crippen molar-refractivity contribution in [1.29, 1.82) is 0 Å². The van der Waals surface area contributed by atoms with Gasteiger partial charge in [0.05, 0.1) is 11.2 Å². The SMILES string of the molecule is C=Cc1c[nH]c2ncc(B3OC(C)(C)C(C)(C)O3)cc12. The smallest absolute Gasteiger partial charge is 0.399 e. The van der Waals surface area contributed by atoms with Gasteiger partial charge in [-0.2, -0.15) is 0 Å². The Morgan fingerprint density at radius 2 is 1.90 bits per heavy atom. The maximum Gasteiger partial charge on any atom is 0.496 e. The van der Waals surface area contributed by atoms with Crippen LogP contribution in [0.5, 0.6) is 0 Å². The van der Waals surface area contributed by atoms with Crippen molar-refractivity contribution < 1.29 is 9.31 Å². The van der Waals surface area contributed by atoms with Gasteiger partial charge in [0, 0.05) is 28.8 Å². The van der Waals surface area contributed by atoms with Gasteiger partial charge >= 0.3 is 7.12 Å². The number of hydrogen-bond acceptors (Lipinski definition) is 3. The van der Waals surface area contributed by atoms with Crippen LogP contribution in [0.15, 0.2) is 25.0 Å². The lowest BCUT2D eigenvalue weighted by molar-refractivity contribution is 0.00578. The predicted octanol–water partition coefficient (Wildman–Crippen LogP) is 2.51. The molecule has 1 fully saturated rings. The number of hydrogen-bond donors (Lipinski definition) is 1. The Balaban J connectivity index is 2.01. The van der Waals surface area contributed by atoms with Crippen LogP contribution < -0.4 is 5.46 Å². The molecule has 2 aromatic rings. The van der Waals surface area contributed by atoms with Gasteiger partial charge < -0.3 is 14.3 Å². The van der Waals surface area contributed by atoms with Crippen LogP contribution in [0.1, 0.15) is 33.3 Å². The summed E-state index contributed by atoms with van der Waals surface area (Å²) < 4.78 is 12.1. The quantitative estimate of drug-likeness (QED) is 0.853. The highest BCUT2D eigenvalue weighted by molar-refractivity contribution is 6.62. The summed E-state index contributed by atoms with van der Waals surface area (Å²) in [6.45, 7) is 12.0. The first-order valence-corrected chi connectivity index (χ1v) is 6.79. The third-order valence-electron chi connectivity index (χ3n) is 4.33. The van der Waals surface area contributed by atoms with Gasteiger partial charge in [-0.05, 0) is 33.8 Å². The minimum absolute atomic E-state index is 0.341. The number of nitrogens with one attached hydrogen (secondary N) is 1. The van der Waals surface area contributed by atoms with Gasteiger partial charge in [0.2, 0.25) is 0 Å². The molecule has 1 aliphatic heterocycles. The Hall–Kier alpha value is -1.59.